The molecule has 0 aliphatic heterocycles. The van der Waals surface area contributed by atoms with Gasteiger partial charge in [0.25, 0.3) is 8.32 Å². The fraction of sp³-hybridized carbons (Fsp3) is 0.333. The van der Waals surface area contributed by atoms with Gasteiger partial charge in [-0.05, 0) is 39.9 Å². The number of rotatable bonds is 9. The minimum atomic E-state index is -3.30. The molecule has 3 aromatic rings. The van der Waals surface area contributed by atoms with Crippen molar-refractivity contribution in [3.8, 4) is 0 Å². The molecule has 0 fully saturated rings. The van der Waals surface area contributed by atoms with Crippen molar-refractivity contribution >= 4 is 28.5 Å². The molecule has 0 N–H and O–H groups in total. The van der Waals surface area contributed by atoms with Crippen molar-refractivity contribution in [1.82, 2.24) is 0 Å². The zero-order valence-corrected chi connectivity index (χ0v) is 21.3. The Bertz CT molecular complexity index is 1040. The van der Waals surface area contributed by atoms with E-state index in [0.717, 1.165) is 0 Å². The van der Waals surface area contributed by atoms with Gasteiger partial charge in [-0.15, -0.1) is 0 Å². The Balaban J connectivity index is 1.82. The minimum Gasteiger partial charge on any atom is -0.407 e. The second kappa shape index (κ2) is 10.2. The first kappa shape index (κ1) is 24.4. The molecule has 0 aliphatic carbocycles. The predicted molar refractivity (Wildman–Crippen MR) is 136 cm³/mol. The van der Waals surface area contributed by atoms with Crippen LogP contribution in [0.4, 0.5) is 0 Å². The average molecular weight is 467 g/mol. The third-order valence-corrected chi connectivity index (χ3v) is 13.0. The summed E-state index contributed by atoms with van der Waals surface area (Å²) in [6.45, 7) is 9.28. The fourth-order valence-electron chi connectivity index (χ4n) is 4.36. The molecule has 3 nitrogen and oxygen atoms in total. The lowest BCUT2D eigenvalue weighted by molar-refractivity contribution is 0.273. The van der Waals surface area contributed by atoms with Crippen LogP contribution < -0.4 is 10.4 Å². The molecule has 0 radical (unpaired) electrons. The van der Waals surface area contributed by atoms with E-state index in [1.807, 2.05) is 25.1 Å². The molecule has 0 bridgehead atoms. The summed E-state index contributed by atoms with van der Waals surface area (Å²) < 4.78 is 32.4. The Kier molecular flexibility index (Phi) is 7.75. The van der Waals surface area contributed by atoms with E-state index in [4.69, 9.17) is 4.43 Å². The zero-order valence-electron chi connectivity index (χ0n) is 19.5. The molecule has 0 saturated carbocycles. The first-order chi connectivity index (χ1) is 15.2. The molecule has 32 heavy (non-hydrogen) atoms. The van der Waals surface area contributed by atoms with E-state index >= 15 is 0 Å². The van der Waals surface area contributed by atoms with Crippen LogP contribution in [0.2, 0.25) is 5.04 Å². The van der Waals surface area contributed by atoms with Crippen molar-refractivity contribution < 1.29 is 12.8 Å². The van der Waals surface area contributed by atoms with Crippen LogP contribution in [0, 0.1) is 5.92 Å². The van der Waals surface area contributed by atoms with E-state index in [2.05, 4.69) is 69.3 Å². The molecular weight excluding hydrogens is 432 g/mol. The van der Waals surface area contributed by atoms with Gasteiger partial charge >= 0.3 is 0 Å². The summed E-state index contributed by atoms with van der Waals surface area (Å²) in [7, 11) is -5.89. The monoisotopic (exact) mass is 466 g/mol. The van der Waals surface area contributed by atoms with Gasteiger partial charge in [0.2, 0.25) is 0 Å². The quantitative estimate of drug-likeness (QED) is 0.414. The van der Waals surface area contributed by atoms with Gasteiger partial charge in [0.05, 0.1) is 10.6 Å². The van der Waals surface area contributed by atoms with Gasteiger partial charge in [0.1, 0.15) is 0 Å². The van der Waals surface area contributed by atoms with Crippen molar-refractivity contribution in [2.24, 2.45) is 5.92 Å². The highest BCUT2D eigenvalue weighted by Gasteiger charge is 2.50. The van der Waals surface area contributed by atoms with E-state index in [0.29, 0.717) is 17.9 Å². The fourth-order valence-corrected chi connectivity index (χ4v) is 10.6. The highest BCUT2D eigenvalue weighted by atomic mass is 32.2. The lowest BCUT2D eigenvalue weighted by Crippen LogP contribution is -2.66. The van der Waals surface area contributed by atoms with Crippen LogP contribution in [0.5, 0.6) is 0 Å². The highest BCUT2D eigenvalue weighted by molar-refractivity contribution is 7.91. The van der Waals surface area contributed by atoms with Gasteiger partial charge in [-0.1, -0.05) is 107 Å². The third kappa shape index (κ3) is 5.40. The Morgan fingerprint density at radius 2 is 1.22 bits per heavy atom. The van der Waals surface area contributed by atoms with E-state index in [1.165, 1.54) is 10.4 Å². The van der Waals surface area contributed by atoms with Crippen LogP contribution in [0.3, 0.4) is 0 Å². The van der Waals surface area contributed by atoms with E-state index in [9.17, 15) is 8.42 Å². The lowest BCUT2D eigenvalue weighted by atomic mass is 10.1. The van der Waals surface area contributed by atoms with Gasteiger partial charge in [-0.3, -0.25) is 0 Å². The van der Waals surface area contributed by atoms with Gasteiger partial charge in [-0.2, -0.15) is 0 Å². The topological polar surface area (TPSA) is 43.4 Å². The predicted octanol–water partition coefficient (Wildman–Crippen LogP) is 5.06. The number of hydrogen-bond acceptors (Lipinski definition) is 3. The van der Waals surface area contributed by atoms with Crippen molar-refractivity contribution in [2.45, 2.75) is 44.0 Å². The van der Waals surface area contributed by atoms with Crippen LogP contribution in [-0.2, 0) is 14.3 Å². The average Bonchev–Trinajstić information content (AvgIpc) is 2.77. The molecule has 1 atom stereocenters. The Morgan fingerprint density at radius 3 is 1.66 bits per heavy atom. The summed E-state index contributed by atoms with van der Waals surface area (Å²) in [6.07, 6.45) is 0.691. The summed E-state index contributed by atoms with van der Waals surface area (Å²) in [4.78, 5) is 0.389. The van der Waals surface area contributed by atoms with Crippen molar-refractivity contribution in [3.63, 3.8) is 0 Å². The molecule has 3 aromatic carbocycles. The maximum absolute atomic E-state index is 12.8. The van der Waals surface area contributed by atoms with Gasteiger partial charge in [-0.25, -0.2) is 8.42 Å². The summed E-state index contributed by atoms with van der Waals surface area (Å²) in [5.41, 5.74) is 0. The van der Waals surface area contributed by atoms with E-state index in [1.54, 1.807) is 24.3 Å². The van der Waals surface area contributed by atoms with Gasteiger partial charge < -0.3 is 4.43 Å². The molecule has 0 aromatic heterocycles. The molecule has 0 spiro atoms. The number of sulfone groups is 1. The standard InChI is InChI=1S/C27H34O3SSi/c1-23(22-31(28,29)24-14-8-5-9-15-24)20-21-30-32(27(2,3)4,25-16-10-6-11-17-25)26-18-12-7-13-19-26/h5-19,23H,20-22H2,1-4H3/t23-/m0/s1. The summed E-state index contributed by atoms with van der Waals surface area (Å²) in [5, 5.41) is 2.39. The molecule has 0 saturated heterocycles. The first-order valence-electron chi connectivity index (χ1n) is 11.2. The summed E-state index contributed by atoms with van der Waals surface area (Å²) >= 11 is 0. The maximum Gasteiger partial charge on any atom is 0.261 e. The van der Waals surface area contributed by atoms with Crippen LogP contribution in [0.25, 0.3) is 0 Å². The molecule has 0 amide bonds. The van der Waals surface area contributed by atoms with Gasteiger partial charge in [0, 0.05) is 6.61 Å². The number of benzene rings is 3. The second-order valence-electron chi connectivity index (χ2n) is 9.50. The largest absolute Gasteiger partial charge is 0.407 e. The Labute approximate surface area is 194 Å². The molecule has 0 aliphatic rings. The molecule has 3 rings (SSSR count). The van der Waals surface area contributed by atoms with E-state index < -0.39 is 18.2 Å². The number of hydrogen-bond donors (Lipinski definition) is 0. The highest BCUT2D eigenvalue weighted by Crippen LogP contribution is 2.37. The van der Waals surface area contributed by atoms with Crippen LogP contribution >= 0.6 is 0 Å². The third-order valence-electron chi connectivity index (χ3n) is 5.95. The smallest absolute Gasteiger partial charge is 0.261 e. The maximum atomic E-state index is 12.8. The van der Waals surface area contributed by atoms with Crippen molar-refractivity contribution in [1.29, 1.82) is 0 Å². The van der Waals surface area contributed by atoms with Crippen LogP contribution in [0.1, 0.15) is 34.1 Å². The summed E-state index contributed by atoms with van der Waals surface area (Å²) in [6, 6.07) is 29.8. The zero-order chi connectivity index (χ0) is 23.2. The van der Waals surface area contributed by atoms with Gasteiger partial charge in [0.15, 0.2) is 9.84 Å². The normalized spacial score (nSPS) is 13.6. The van der Waals surface area contributed by atoms with Crippen LogP contribution in [-0.4, -0.2) is 29.1 Å². The SMILES string of the molecule is C[C@@H](CCO[Si](c1ccccc1)(c1ccccc1)C(C)(C)C)CS(=O)(=O)c1ccccc1. The molecule has 5 heteroatoms. The van der Waals surface area contributed by atoms with Crippen molar-refractivity contribution in [3.05, 3.63) is 91.0 Å². The van der Waals surface area contributed by atoms with E-state index in [-0.39, 0.29) is 16.7 Å². The first-order valence-corrected chi connectivity index (χ1v) is 14.8. The molecule has 170 valence electrons. The molecule has 0 unspecified atom stereocenters. The Hall–Kier alpha value is -2.21. The van der Waals surface area contributed by atoms with Crippen molar-refractivity contribution in [2.75, 3.05) is 12.4 Å². The van der Waals surface area contributed by atoms with Crippen LogP contribution in [0.15, 0.2) is 95.9 Å². The Morgan fingerprint density at radius 1 is 0.781 bits per heavy atom. The minimum absolute atomic E-state index is 0.00146. The molecular formula is C27H34O3SSi. The second-order valence-corrected chi connectivity index (χ2v) is 15.8. The summed E-state index contributed by atoms with van der Waals surface area (Å²) in [5.74, 6) is 0.125. The molecule has 0 heterocycles. The lowest BCUT2D eigenvalue weighted by Gasteiger charge is -2.43.